The lowest BCUT2D eigenvalue weighted by molar-refractivity contribution is -0.135. The molecule has 2 aromatic rings. The van der Waals surface area contributed by atoms with Crippen molar-refractivity contribution in [1.82, 2.24) is 10.9 Å². The predicted molar refractivity (Wildman–Crippen MR) is 91.1 cm³/mol. The van der Waals surface area contributed by atoms with Crippen LogP contribution in [0.15, 0.2) is 48.5 Å². The van der Waals surface area contributed by atoms with Crippen LogP contribution in [0, 0.1) is 0 Å². The van der Waals surface area contributed by atoms with Crippen LogP contribution in [-0.2, 0) is 9.59 Å². The van der Waals surface area contributed by atoms with E-state index < -0.39 is 17.9 Å². The summed E-state index contributed by atoms with van der Waals surface area (Å²) in [5.74, 6) is 0.940. The Morgan fingerprint density at radius 1 is 1.04 bits per heavy atom. The smallest absolute Gasteiger partial charge is 0.283 e. The van der Waals surface area contributed by atoms with Gasteiger partial charge >= 0.3 is 0 Å². The highest BCUT2D eigenvalue weighted by molar-refractivity contribution is 5.85. The van der Waals surface area contributed by atoms with Gasteiger partial charge in [0.05, 0.1) is 7.11 Å². The van der Waals surface area contributed by atoms with Crippen molar-refractivity contribution in [2.24, 2.45) is 0 Å². The molecule has 0 fully saturated rings. The number of fused-ring (bicyclic) bond motifs is 1. The maximum atomic E-state index is 12.1. The molecule has 2 N–H and O–H groups in total. The molecule has 0 saturated heterocycles. The molecular formula is C18H18N2O6. The van der Waals surface area contributed by atoms with Gasteiger partial charge in [-0.25, -0.2) is 0 Å². The first-order valence-electron chi connectivity index (χ1n) is 7.90. The Balaban J connectivity index is 1.45. The van der Waals surface area contributed by atoms with Gasteiger partial charge in [-0.15, -0.1) is 0 Å². The van der Waals surface area contributed by atoms with E-state index in [9.17, 15) is 9.59 Å². The standard InChI is InChI=1S/C18H18N2O6/c1-23-12-6-2-3-7-13(12)25-11-17(21)19-20-18(22)16-10-24-14-8-4-5-9-15(14)26-16/h2-9,16H,10-11H2,1H3,(H,19,21)(H,20,22)/t16-/m0/s1. The molecule has 0 spiro atoms. The van der Waals surface area contributed by atoms with Gasteiger partial charge in [0.1, 0.15) is 6.61 Å². The van der Waals surface area contributed by atoms with Crippen LogP contribution >= 0.6 is 0 Å². The summed E-state index contributed by atoms with van der Waals surface area (Å²) in [6, 6.07) is 14.0. The molecule has 0 unspecified atom stereocenters. The van der Waals surface area contributed by atoms with Gasteiger partial charge in [-0.2, -0.15) is 0 Å². The monoisotopic (exact) mass is 358 g/mol. The molecule has 0 saturated carbocycles. The number of carbonyl (C=O) groups excluding carboxylic acids is 2. The normalized spacial score (nSPS) is 14.9. The maximum absolute atomic E-state index is 12.1. The Morgan fingerprint density at radius 2 is 1.73 bits per heavy atom. The van der Waals surface area contributed by atoms with Crippen LogP contribution in [-0.4, -0.2) is 38.2 Å². The van der Waals surface area contributed by atoms with Gasteiger partial charge in [0.25, 0.3) is 11.8 Å². The Kier molecular flexibility index (Phi) is 5.43. The predicted octanol–water partition coefficient (Wildman–Crippen LogP) is 1.06. The fraction of sp³-hybridized carbons (Fsp3) is 0.222. The molecule has 0 aliphatic carbocycles. The zero-order valence-electron chi connectivity index (χ0n) is 14.1. The maximum Gasteiger partial charge on any atom is 0.283 e. The summed E-state index contributed by atoms with van der Waals surface area (Å²) in [5.41, 5.74) is 4.56. The molecule has 136 valence electrons. The third-order valence-corrected chi connectivity index (χ3v) is 3.55. The molecule has 3 rings (SSSR count). The van der Waals surface area contributed by atoms with Crippen LogP contribution in [0.3, 0.4) is 0 Å². The molecule has 0 aromatic heterocycles. The molecule has 1 heterocycles. The third kappa shape index (κ3) is 4.15. The number of carbonyl (C=O) groups is 2. The van der Waals surface area contributed by atoms with E-state index in [0.717, 1.165) is 0 Å². The van der Waals surface area contributed by atoms with Crippen molar-refractivity contribution >= 4 is 11.8 Å². The zero-order chi connectivity index (χ0) is 18.4. The molecule has 8 nitrogen and oxygen atoms in total. The number of benzene rings is 2. The number of rotatable bonds is 5. The van der Waals surface area contributed by atoms with Crippen LogP contribution in [0.5, 0.6) is 23.0 Å². The SMILES string of the molecule is COc1ccccc1OCC(=O)NNC(=O)[C@@H]1COc2ccccc2O1. The molecule has 1 aliphatic heterocycles. The van der Waals surface area contributed by atoms with Crippen molar-refractivity contribution in [1.29, 1.82) is 0 Å². The second-order valence-electron chi connectivity index (χ2n) is 5.34. The summed E-state index contributed by atoms with van der Waals surface area (Å²) >= 11 is 0. The first-order valence-corrected chi connectivity index (χ1v) is 7.90. The molecular weight excluding hydrogens is 340 g/mol. The topological polar surface area (TPSA) is 95.1 Å². The van der Waals surface area contributed by atoms with Crippen LogP contribution < -0.4 is 29.8 Å². The Labute approximate surface area is 150 Å². The van der Waals surface area contributed by atoms with Gasteiger partial charge in [-0.1, -0.05) is 24.3 Å². The van der Waals surface area contributed by atoms with Crippen molar-refractivity contribution < 1.29 is 28.5 Å². The van der Waals surface area contributed by atoms with Gasteiger partial charge in [-0.05, 0) is 24.3 Å². The lowest BCUT2D eigenvalue weighted by Gasteiger charge is -2.25. The lowest BCUT2D eigenvalue weighted by Crippen LogP contribution is -2.51. The van der Waals surface area contributed by atoms with E-state index in [4.69, 9.17) is 18.9 Å². The van der Waals surface area contributed by atoms with E-state index in [2.05, 4.69) is 10.9 Å². The van der Waals surface area contributed by atoms with E-state index in [0.29, 0.717) is 23.0 Å². The fourth-order valence-corrected chi connectivity index (χ4v) is 2.28. The number of ether oxygens (including phenoxy) is 4. The van der Waals surface area contributed by atoms with Crippen molar-refractivity contribution in [3.05, 3.63) is 48.5 Å². The van der Waals surface area contributed by atoms with Gasteiger partial charge in [0.2, 0.25) is 6.10 Å². The van der Waals surface area contributed by atoms with Gasteiger partial charge < -0.3 is 18.9 Å². The number of para-hydroxylation sites is 4. The molecule has 26 heavy (non-hydrogen) atoms. The minimum atomic E-state index is -0.861. The average molecular weight is 358 g/mol. The summed E-state index contributed by atoms with van der Waals surface area (Å²) in [5, 5.41) is 0. The fourth-order valence-electron chi connectivity index (χ4n) is 2.28. The van der Waals surface area contributed by atoms with E-state index in [1.807, 2.05) is 6.07 Å². The summed E-state index contributed by atoms with van der Waals surface area (Å²) in [7, 11) is 1.51. The molecule has 1 atom stereocenters. The summed E-state index contributed by atoms with van der Waals surface area (Å²) < 4.78 is 21.5. The molecule has 2 amide bonds. The molecule has 1 aliphatic rings. The molecule has 0 bridgehead atoms. The van der Waals surface area contributed by atoms with Gasteiger partial charge in [-0.3, -0.25) is 20.4 Å². The highest BCUT2D eigenvalue weighted by Gasteiger charge is 2.27. The van der Waals surface area contributed by atoms with E-state index in [1.165, 1.54) is 7.11 Å². The number of methoxy groups -OCH3 is 1. The van der Waals surface area contributed by atoms with Crippen molar-refractivity contribution in [3.63, 3.8) is 0 Å². The Bertz CT molecular complexity index is 795. The summed E-state index contributed by atoms with van der Waals surface area (Å²) in [6.45, 7) is -0.234. The zero-order valence-corrected chi connectivity index (χ0v) is 14.1. The minimum absolute atomic E-state index is 0.0520. The first-order chi connectivity index (χ1) is 12.7. The van der Waals surface area contributed by atoms with Crippen LogP contribution in [0.2, 0.25) is 0 Å². The quantitative estimate of drug-likeness (QED) is 0.776. The summed E-state index contributed by atoms with van der Waals surface area (Å²) in [6.07, 6.45) is -0.861. The Hall–Kier alpha value is -3.42. The van der Waals surface area contributed by atoms with Crippen LogP contribution in [0.4, 0.5) is 0 Å². The van der Waals surface area contributed by atoms with Crippen molar-refractivity contribution in [2.75, 3.05) is 20.3 Å². The lowest BCUT2D eigenvalue weighted by atomic mass is 10.2. The average Bonchev–Trinajstić information content (AvgIpc) is 2.70. The van der Waals surface area contributed by atoms with Crippen molar-refractivity contribution in [3.8, 4) is 23.0 Å². The number of amides is 2. The largest absolute Gasteiger partial charge is 0.493 e. The number of hydrogen-bond donors (Lipinski definition) is 2. The number of hydrogen-bond acceptors (Lipinski definition) is 6. The highest BCUT2D eigenvalue weighted by atomic mass is 16.6. The van der Waals surface area contributed by atoms with Gasteiger partial charge in [0.15, 0.2) is 29.6 Å². The van der Waals surface area contributed by atoms with E-state index in [1.54, 1.807) is 42.5 Å². The van der Waals surface area contributed by atoms with Crippen LogP contribution in [0.25, 0.3) is 0 Å². The van der Waals surface area contributed by atoms with E-state index in [-0.39, 0.29) is 13.2 Å². The third-order valence-electron chi connectivity index (χ3n) is 3.55. The first kappa shape index (κ1) is 17.4. The van der Waals surface area contributed by atoms with E-state index >= 15 is 0 Å². The van der Waals surface area contributed by atoms with Crippen LogP contribution in [0.1, 0.15) is 0 Å². The number of nitrogens with one attached hydrogen (secondary N) is 2. The second-order valence-corrected chi connectivity index (χ2v) is 5.34. The molecule has 2 aromatic carbocycles. The number of hydrazine groups is 1. The molecule has 0 radical (unpaired) electrons. The second kappa shape index (κ2) is 8.11. The van der Waals surface area contributed by atoms with Crippen molar-refractivity contribution in [2.45, 2.75) is 6.10 Å². The van der Waals surface area contributed by atoms with Gasteiger partial charge in [0, 0.05) is 0 Å². The Morgan fingerprint density at radius 3 is 2.50 bits per heavy atom. The highest BCUT2D eigenvalue weighted by Crippen LogP contribution is 2.30. The summed E-state index contributed by atoms with van der Waals surface area (Å²) in [4.78, 5) is 23.9. The molecule has 8 heteroatoms. The minimum Gasteiger partial charge on any atom is -0.493 e.